The Morgan fingerprint density at radius 1 is 1.22 bits per heavy atom. The van der Waals surface area contributed by atoms with Crippen molar-refractivity contribution in [1.82, 2.24) is 10.7 Å². The molecule has 2 N–H and O–H groups in total. The zero-order chi connectivity index (χ0) is 19.8. The van der Waals surface area contributed by atoms with Crippen molar-refractivity contribution in [2.45, 2.75) is 20.0 Å². The van der Waals surface area contributed by atoms with Crippen LogP contribution in [0.3, 0.4) is 0 Å². The maximum absolute atomic E-state index is 12.0. The maximum Gasteiger partial charge on any atom is 0.261 e. The predicted molar refractivity (Wildman–Crippen MR) is 106 cm³/mol. The van der Waals surface area contributed by atoms with Crippen molar-refractivity contribution < 1.29 is 14.3 Å². The molecule has 0 fully saturated rings. The molecule has 27 heavy (non-hydrogen) atoms. The molecule has 0 aliphatic carbocycles. The van der Waals surface area contributed by atoms with E-state index in [0.29, 0.717) is 15.8 Å². The first-order chi connectivity index (χ1) is 12.9. The van der Waals surface area contributed by atoms with Gasteiger partial charge < -0.3 is 10.1 Å². The van der Waals surface area contributed by atoms with E-state index in [2.05, 4.69) is 15.8 Å². The fourth-order valence-corrected chi connectivity index (χ4v) is 2.52. The minimum atomic E-state index is -0.841. The number of aryl methyl sites for hydroxylation is 1. The number of rotatable bonds is 7. The summed E-state index contributed by atoms with van der Waals surface area (Å²) in [6.07, 6.45) is 0.704. The number of hydrazone groups is 1. The molecule has 0 saturated carbocycles. The average Bonchev–Trinajstić information content (AvgIpc) is 2.63. The largest absolute Gasteiger partial charge is 0.479 e. The number of hydrogen-bond donors (Lipinski definition) is 2. The van der Waals surface area contributed by atoms with Crippen LogP contribution < -0.4 is 15.5 Å². The molecule has 0 aliphatic rings. The molecule has 2 aromatic carbocycles. The van der Waals surface area contributed by atoms with E-state index in [9.17, 15) is 9.59 Å². The monoisotopic (exact) mass is 407 g/mol. The molecule has 0 radical (unpaired) electrons. The number of benzene rings is 2. The third-order valence-corrected chi connectivity index (χ3v) is 4.10. The van der Waals surface area contributed by atoms with Crippen LogP contribution in [0.5, 0.6) is 5.75 Å². The Bertz CT molecular complexity index is 856. The van der Waals surface area contributed by atoms with Crippen LogP contribution in [0.15, 0.2) is 47.6 Å². The maximum atomic E-state index is 12.0. The topological polar surface area (TPSA) is 79.8 Å². The summed E-state index contributed by atoms with van der Waals surface area (Å²) in [6, 6.07) is 12.3. The van der Waals surface area contributed by atoms with Gasteiger partial charge in [-0.3, -0.25) is 9.59 Å². The van der Waals surface area contributed by atoms with Gasteiger partial charge in [-0.15, -0.1) is 0 Å². The van der Waals surface area contributed by atoms with Gasteiger partial charge in [0, 0.05) is 5.02 Å². The third-order valence-electron chi connectivity index (χ3n) is 3.57. The van der Waals surface area contributed by atoms with Crippen LogP contribution in [0, 0.1) is 6.92 Å². The second-order valence-corrected chi connectivity index (χ2v) is 6.55. The van der Waals surface area contributed by atoms with Crippen LogP contribution in [0.1, 0.15) is 18.1 Å². The highest BCUT2D eigenvalue weighted by atomic mass is 35.5. The van der Waals surface area contributed by atoms with E-state index in [1.54, 1.807) is 25.3 Å². The SMILES string of the molecule is Cc1ccccc1C=NNC(=O)CNC(=O)[C@@H](C)Oc1ccc(Cl)cc1Cl. The minimum absolute atomic E-state index is 0.230. The summed E-state index contributed by atoms with van der Waals surface area (Å²) >= 11 is 11.8. The van der Waals surface area contributed by atoms with Gasteiger partial charge in [0.05, 0.1) is 17.8 Å². The standard InChI is InChI=1S/C19H19Cl2N3O3/c1-12-5-3-4-6-14(12)10-23-24-18(25)11-22-19(26)13(2)27-17-8-7-15(20)9-16(17)21/h3-10,13H,11H2,1-2H3,(H,22,26)(H,24,25)/t13-/m1/s1. The Morgan fingerprint density at radius 2 is 1.96 bits per heavy atom. The van der Waals surface area contributed by atoms with Gasteiger partial charge in [-0.05, 0) is 43.2 Å². The Labute approximate surface area is 167 Å². The molecule has 2 amide bonds. The van der Waals surface area contributed by atoms with E-state index in [1.165, 1.54) is 6.07 Å². The molecule has 0 aliphatic heterocycles. The molecule has 2 rings (SSSR count). The lowest BCUT2D eigenvalue weighted by Crippen LogP contribution is -2.41. The fourth-order valence-electron chi connectivity index (χ4n) is 2.07. The van der Waals surface area contributed by atoms with Crippen molar-refractivity contribution in [2.75, 3.05) is 6.54 Å². The van der Waals surface area contributed by atoms with Crippen molar-refractivity contribution in [2.24, 2.45) is 5.10 Å². The van der Waals surface area contributed by atoms with E-state index in [-0.39, 0.29) is 6.54 Å². The molecule has 8 heteroatoms. The van der Waals surface area contributed by atoms with Gasteiger partial charge in [-0.1, -0.05) is 47.5 Å². The highest BCUT2D eigenvalue weighted by Gasteiger charge is 2.17. The Kier molecular flexibility index (Phi) is 7.64. The molecule has 0 unspecified atom stereocenters. The smallest absolute Gasteiger partial charge is 0.261 e. The van der Waals surface area contributed by atoms with Gasteiger partial charge in [-0.25, -0.2) is 5.43 Å². The number of nitrogens with zero attached hydrogens (tertiary/aromatic N) is 1. The van der Waals surface area contributed by atoms with E-state index >= 15 is 0 Å². The summed E-state index contributed by atoms with van der Waals surface area (Å²) in [5.74, 6) is -0.583. The van der Waals surface area contributed by atoms with E-state index in [4.69, 9.17) is 27.9 Å². The van der Waals surface area contributed by atoms with Crippen molar-refractivity contribution in [1.29, 1.82) is 0 Å². The zero-order valence-electron chi connectivity index (χ0n) is 14.8. The van der Waals surface area contributed by atoms with E-state index in [0.717, 1.165) is 11.1 Å². The lowest BCUT2D eigenvalue weighted by molar-refractivity contribution is -0.130. The van der Waals surface area contributed by atoms with Gasteiger partial charge >= 0.3 is 0 Å². The predicted octanol–water partition coefficient (Wildman–Crippen LogP) is 3.34. The molecule has 0 heterocycles. The highest BCUT2D eigenvalue weighted by molar-refractivity contribution is 6.35. The number of carbonyl (C=O) groups is 2. The molecule has 6 nitrogen and oxygen atoms in total. The van der Waals surface area contributed by atoms with Crippen LogP contribution in [0.25, 0.3) is 0 Å². The first-order valence-electron chi connectivity index (χ1n) is 8.14. The highest BCUT2D eigenvalue weighted by Crippen LogP contribution is 2.28. The van der Waals surface area contributed by atoms with Crippen LogP contribution >= 0.6 is 23.2 Å². The molecule has 0 spiro atoms. The number of amides is 2. The number of nitrogens with one attached hydrogen (secondary N) is 2. The Balaban J connectivity index is 1.78. The molecule has 0 bridgehead atoms. The number of ether oxygens (including phenoxy) is 1. The Hall–Kier alpha value is -2.57. The second kappa shape index (κ2) is 9.94. The summed E-state index contributed by atoms with van der Waals surface area (Å²) in [4.78, 5) is 23.8. The molecular weight excluding hydrogens is 389 g/mol. The summed E-state index contributed by atoms with van der Waals surface area (Å²) < 4.78 is 5.48. The quantitative estimate of drug-likeness (QED) is 0.545. The van der Waals surface area contributed by atoms with Crippen LogP contribution in [0.2, 0.25) is 10.0 Å². The summed E-state index contributed by atoms with van der Waals surface area (Å²) in [7, 11) is 0. The van der Waals surface area contributed by atoms with Crippen molar-refractivity contribution >= 4 is 41.2 Å². The van der Waals surface area contributed by atoms with Crippen molar-refractivity contribution in [3.05, 3.63) is 63.6 Å². The Morgan fingerprint density at radius 3 is 2.67 bits per heavy atom. The van der Waals surface area contributed by atoms with E-state index in [1.807, 2.05) is 31.2 Å². The lowest BCUT2D eigenvalue weighted by atomic mass is 10.1. The summed E-state index contributed by atoms with van der Waals surface area (Å²) in [5.41, 5.74) is 4.29. The zero-order valence-corrected chi connectivity index (χ0v) is 16.3. The molecule has 142 valence electrons. The molecule has 0 aromatic heterocycles. The number of halogens is 2. The summed E-state index contributed by atoms with van der Waals surface area (Å²) in [6.45, 7) is 3.26. The second-order valence-electron chi connectivity index (χ2n) is 5.70. The van der Waals surface area contributed by atoms with Crippen LogP contribution in [-0.4, -0.2) is 30.7 Å². The average molecular weight is 408 g/mol. The van der Waals surface area contributed by atoms with Gasteiger partial charge in [0.2, 0.25) is 0 Å². The molecular formula is C19H19Cl2N3O3. The number of carbonyl (C=O) groups excluding carboxylic acids is 2. The minimum Gasteiger partial charge on any atom is -0.479 e. The molecule has 1 atom stereocenters. The van der Waals surface area contributed by atoms with Crippen molar-refractivity contribution in [3.8, 4) is 5.75 Å². The first-order valence-corrected chi connectivity index (χ1v) is 8.89. The lowest BCUT2D eigenvalue weighted by Gasteiger charge is -2.15. The van der Waals surface area contributed by atoms with Gasteiger partial charge in [0.25, 0.3) is 11.8 Å². The van der Waals surface area contributed by atoms with Gasteiger partial charge in [0.1, 0.15) is 5.75 Å². The first kappa shape index (κ1) is 20.7. The van der Waals surface area contributed by atoms with E-state index < -0.39 is 17.9 Å². The van der Waals surface area contributed by atoms with Crippen LogP contribution in [0.4, 0.5) is 0 Å². The van der Waals surface area contributed by atoms with Crippen LogP contribution in [-0.2, 0) is 9.59 Å². The fraction of sp³-hybridized carbons (Fsp3) is 0.211. The molecule has 0 saturated heterocycles. The third kappa shape index (κ3) is 6.58. The number of hydrogen-bond acceptors (Lipinski definition) is 4. The van der Waals surface area contributed by atoms with Gasteiger partial charge in [0.15, 0.2) is 6.10 Å². The molecule has 2 aromatic rings. The summed E-state index contributed by atoms with van der Waals surface area (Å²) in [5, 5.41) is 7.11. The normalized spacial score (nSPS) is 11.9. The van der Waals surface area contributed by atoms with Gasteiger partial charge in [-0.2, -0.15) is 5.10 Å². The van der Waals surface area contributed by atoms with Crippen molar-refractivity contribution in [3.63, 3.8) is 0 Å².